The third-order valence-corrected chi connectivity index (χ3v) is 8.08. The first kappa shape index (κ1) is 19.1. The van der Waals surface area contributed by atoms with Gasteiger partial charge in [-0.15, -0.1) is 11.3 Å². The number of aromatic nitrogens is 2. The lowest BCUT2D eigenvalue weighted by molar-refractivity contribution is 0.222. The third kappa shape index (κ3) is 3.82. The van der Waals surface area contributed by atoms with E-state index in [0.29, 0.717) is 29.0 Å². The van der Waals surface area contributed by atoms with Gasteiger partial charge in [-0.2, -0.15) is 9.29 Å². The molecule has 28 heavy (non-hydrogen) atoms. The monoisotopic (exact) mass is 419 g/mol. The molecule has 1 saturated heterocycles. The summed E-state index contributed by atoms with van der Waals surface area (Å²) in [6.07, 6.45) is 1.54. The van der Waals surface area contributed by atoms with E-state index in [-0.39, 0.29) is 6.61 Å². The van der Waals surface area contributed by atoms with Crippen molar-refractivity contribution < 1.29 is 17.7 Å². The first-order chi connectivity index (χ1) is 13.5. The van der Waals surface area contributed by atoms with Gasteiger partial charge in [0.1, 0.15) is 9.96 Å². The van der Waals surface area contributed by atoms with E-state index < -0.39 is 15.4 Å². The van der Waals surface area contributed by atoms with E-state index in [1.807, 2.05) is 37.3 Å². The Morgan fingerprint density at radius 3 is 2.82 bits per heavy atom. The lowest BCUT2D eigenvalue weighted by atomic mass is 9.82. The second-order valence-electron chi connectivity index (χ2n) is 7.05. The van der Waals surface area contributed by atoms with E-state index in [9.17, 15) is 8.42 Å². The molecular formula is C19H21N3O4S2. The van der Waals surface area contributed by atoms with Crippen LogP contribution < -0.4 is 4.74 Å². The molecule has 7 nitrogen and oxygen atoms in total. The van der Waals surface area contributed by atoms with Crippen molar-refractivity contribution in [3.05, 3.63) is 59.6 Å². The Balaban J connectivity index is 1.48. The maximum absolute atomic E-state index is 12.9. The van der Waals surface area contributed by atoms with Crippen molar-refractivity contribution in [1.29, 1.82) is 0 Å². The minimum Gasteiger partial charge on any atom is -0.484 e. The molecule has 0 N–H and O–H groups in total. The maximum atomic E-state index is 12.9. The number of piperidine rings is 1. The highest BCUT2D eigenvalue weighted by atomic mass is 32.2. The summed E-state index contributed by atoms with van der Waals surface area (Å²) in [5.74, 6) is 1.61. The normalized spacial score (nSPS) is 20.9. The molecule has 1 atom stereocenters. The highest BCUT2D eigenvalue weighted by Crippen LogP contribution is 2.35. The van der Waals surface area contributed by atoms with E-state index >= 15 is 0 Å². The van der Waals surface area contributed by atoms with Crippen molar-refractivity contribution in [3.8, 4) is 5.75 Å². The van der Waals surface area contributed by atoms with Gasteiger partial charge in [0, 0.05) is 18.5 Å². The first-order valence-corrected chi connectivity index (χ1v) is 11.3. The van der Waals surface area contributed by atoms with Crippen LogP contribution in [0.15, 0.2) is 56.6 Å². The topological polar surface area (TPSA) is 85.5 Å². The van der Waals surface area contributed by atoms with Crippen LogP contribution in [0.1, 0.15) is 31.5 Å². The van der Waals surface area contributed by atoms with Gasteiger partial charge >= 0.3 is 0 Å². The molecule has 0 radical (unpaired) electrons. The number of sulfonamides is 1. The van der Waals surface area contributed by atoms with Gasteiger partial charge in [0.25, 0.3) is 15.9 Å². The number of nitrogens with zero attached hydrogens (tertiary/aromatic N) is 3. The molecule has 3 aromatic rings. The van der Waals surface area contributed by atoms with Crippen LogP contribution in [0.25, 0.3) is 0 Å². The third-order valence-electron chi connectivity index (χ3n) is 4.86. The molecule has 3 heterocycles. The molecule has 1 aromatic carbocycles. The predicted molar refractivity (Wildman–Crippen MR) is 105 cm³/mol. The summed E-state index contributed by atoms with van der Waals surface area (Å²) in [4.78, 5) is 4.48. The van der Waals surface area contributed by atoms with Crippen LogP contribution in [0.3, 0.4) is 0 Å². The Bertz CT molecular complexity index is 1020. The lowest BCUT2D eigenvalue weighted by Crippen LogP contribution is -2.47. The minimum atomic E-state index is -3.50. The zero-order valence-corrected chi connectivity index (χ0v) is 17.1. The van der Waals surface area contributed by atoms with Crippen LogP contribution >= 0.6 is 11.3 Å². The van der Waals surface area contributed by atoms with Crippen LogP contribution in [0, 0.1) is 0 Å². The Morgan fingerprint density at radius 1 is 1.25 bits per heavy atom. The van der Waals surface area contributed by atoms with Crippen LogP contribution in [-0.4, -0.2) is 36.0 Å². The molecule has 148 valence electrons. The van der Waals surface area contributed by atoms with Crippen molar-refractivity contribution in [1.82, 2.24) is 14.4 Å². The van der Waals surface area contributed by atoms with Crippen molar-refractivity contribution in [2.24, 2.45) is 0 Å². The molecule has 9 heteroatoms. The highest BCUT2D eigenvalue weighted by molar-refractivity contribution is 7.91. The number of benzene rings is 1. The number of hydrogen-bond donors (Lipinski definition) is 0. The summed E-state index contributed by atoms with van der Waals surface area (Å²) < 4.78 is 38.7. The largest absolute Gasteiger partial charge is 0.484 e. The highest BCUT2D eigenvalue weighted by Gasteiger charge is 2.41. The van der Waals surface area contributed by atoms with Gasteiger partial charge in [-0.1, -0.05) is 36.3 Å². The van der Waals surface area contributed by atoms with Gasteiger partial charge in [0.2, 0.25) is 0 Å². The average Bonchev–Trinajstić information content (AvgIpc) is 3.40. The van der Waals surface area contributed by atoms with E-state index in [0.717, 1.165) is 18.6 Å². The molecule has 4 rings (SSSR count). The second-order valence-corrected chi connectivity index (χ2v) is 10.2. The van der Waals surface area contributed by atoms with Crippen molar-refractivity contribution in [2.75, 3.05) is 13.1 Å². The van der Waals surface area contributed by atoms with Gasteiger partial charge in [-0.3, -0.25) is 0 Å². The number of thiophene rings is 1. The molecule has 0 bridgehead atoms. The Labute approximate surface area is 168 Å². The molecule has 1 aliphatic rings. The number of para-hydroxylation sites is 1. The molecule has 0 saturated carbocycles. The fraction of sp³-hybridized carbons (Fsp3) is 0.368. The van der Waals surface area contributed by atoms with Gasteiger partial charge in [0.05, 0.1) is 0 Å². The molecule has 1 unspecified atom stereocenters. The zero-order chi connectivity index (χ0) is 19.6. The molecule has 0 aliphatic carbocycles. The summed E-state index contributed by atoms with van der Waals surface area (Å²) in [5.41, 5.74) is -0.503. The molecule has 0 amide bonds. The maximum Gasteiger partial charge on any atom is 0.264 e. The van der Waals surface area contributed by atoms with Crippen LogP contribution in [0.2, 0.25) is 0 Å². The fourth-order valence-corrected chi connectivity index (χ4v) is 6.09. The number of rotatable bonds is 6. The number of ether oxygens (including phenoxy) is 1. The van der Waals surface area contributed by atoms with E-state index in [2.05, 4.69) is 10.1 Å². The Morgan fingerprint density at radius 2 is 2.07 bits per heavy atom. The summed E-state index contributed by atoms with van der Waals surface area (Å²) in [6.45, 7) is 2.98. The minimum absolute atomic E-state index is 0.171. The molecule has 2 aromatic heterocycles. The van der Waals surface area contributed by atoms with E-state index in [4.69, 9.17) is 9.26 Å². The first-order valence-electron chi connectivity index (χ1n) is 9.02. The van der Waals surface area contributed by atoms with Crippen molar-refractivity contribution >= 4 is 21.4 Å². The van der Waals surface area contributed by atoms with Crippen molar-refractivity contribution in [3.63, 3.8) is 0 Å². The van der Waals surface area contributed by atoms with Crippen LogP contribution in [0.4, 0.5) is 0 Å². The van der Waals surface area contributed by atoms with Crippen molar-refractivity contribution in [2.45, 2.75) is 36.0 Å². The quantitative estimate of drug-likeness (QED) is 0.608. The summed E-state index contributed by atoms with van der Waals surface area (Å²) in [7, 11) is -3.50. The summed E-state index contributed by atoms with van der Waals surface area (Å²) in [6, 6.07) is 12.8. The van der Waals surface area contributed by atoms with E-state index in [1.165, 1.54) is 15.6 Å². The van der Waals surface area contributed by atoms with Crippen LogP contribution in [-0.2, 0) is 22.0 Å². The van der Waals surface area contributed by atoms with E-state index in [1.54, 1.807) is 17.5 Å². The zero-order valence-electron chi connectivity index (χ0n) is 15.4. The standard InChI is InChI=1S/C19H21N3O4S2/c1-19(10-6-11-22(14-19)28(23,24)17-9-5-12-27-17)18-20-16(26-21-18)13-25-15-7-3-2-4-8-15/h2-5,7-9,12H,6,10-11,13-14H2,1H3. The summed E-state index contributed by atoms with van der Waals surface area (Å²) in [5, 5.41) is 5.89. The SMILES string of the molecule is CC1(c2noc(COc3ccccc3)n2)CCCN(S(=O)(=O)c2cccs2)C1. The van der Waals surface area contributed by atoms with Crippen LogP contribution in [0.5, 0.6) is 5.75 Å². The fourth-order valence-electron chi connectivity index (χ4n) is 3.34. The van der Waals surface area contributed by atoms with Gasteiger partial charge in [-0.05, 0) is 36.4 Å². The number of hydrogen-bond acceptors (Lipinski definition) is 7. The molecular weight excluding hydrogens is 398 g/mol. The molecule has 1 aliphatic heterocycles. The Kier molecular flexibility index (Phi) is 5.22. The second kappa shape index (κ2) is 7.65. The molecule has 1 fully saturated rings. The Hall–Kier alpha value is -2.23. The predicted octanol–water partition coefficient (Wildman–Crippen LogP) is 3.45. The average molecular weight is 420 g/mol. The van der Waals surface area contributed by atoms with Gasteiger partial charge < -0.3 is 9.26 Å². The molecule has 0 spiro atoms. The van der Waals surface area contributed by atoms with Gasteiger partial charge in [-0.25, -0.2) is 8.42 Å². The summed E-state index contributed by atoms with van der Waals surface area (Å²) >= 11 is 1.23. The van der Waals surface area contributed by atoms with Gasteiger partial charge in [0.15, 0.2) is 12.4 Å². The lowest BCUT2D eigenvalue weighted by Gasteiger charge is -2.37. The smallest absolute Gasteiger partial charge is 0.264 e.